The SMILES string of the molecule is CCOC1CC(NCc2cc(Cl)c3c(c2)OCO3)C1. The van der Waals surface area contributed by atoms with E-state index in [9.17, 15) is 0 Å². The predicted molar refractivity (Wildman–Crippen MR) is 72.9 cm³/mol. The third-order valence-corrected chi connectivity index (χ3v) is 3.86. The molecule has 0 saturated heterocycles. The van der Waals surface area contributed by atoms with E-state index in [1.807, 2.05) is 19.1 Å². The lowest BCUT2D eigenvalue weighted by Gasteiger charge is -2.35. The molecule has 1 aliphatic heterocycles. The van der Waals surface area contributed by atoms with Crippen molar-refractivity contribution in [2.45, 2.75) is 38.5 Å². The molecule has 19 heavy (non-hydrogen) atoms. The van der Waals surface area contributed by atoms with E-state index in [0.717, 1.165) is 37.3 Å². The molecule has 1 N–H and O–H groups in total. The van der Waals surface area contributed by atoms with Gasteiger partial charge in [0.05, 0.1) is 11.1 Å². The number of nitrogens with one attached hydrogen (secondary N) is 1. The summed E-state index contributed by atoms with van der Waals surface area (Å²) in [7, 11) is 0. The van der Waals surface area contributed by atoms with Crippen LogP contribution in [0.4, 0.5) is 0 Å². The van der Waals surface area contributed by atoms with Crippen LogP contribution in [0.3, 0.4) is 0 Å². The fourth-order valence-corrected chi connectivity index (χ4v) is 2.78. The molecular formula is C14H18ClNO3. The highest BCUT2D eigenvalue weighted by Gasteiger charge is 2.29. The number of hydrogen-bond acceptors (Lipinski definition) is 4. The van der Waals surface area contributed by atoms with Crippen LogP contribution >= 0.6 is 11.6 Å². The Kier molecular flexibility index (Phi) is 3.82. The third-order valence-electron chi connectivity index (χ3n) is 3.58. The molecule has 1 saturated carbocycles. The van der Waals surface area contributed by atoms with Crippen LogP contribution in [0, 0.1) is 0 Å². The number of benzene rings is 1. The molecule has 5 heteroatoms. The van der Waals surface area contributed by atoms with Crippen molar-refractivity contribution in [3.63, 3.8) is 0 Å². The molecule has 104 valence electrons. The largest absolute Gasteiger partial charge is 0.454 e. The summed E-state index contributed by atoms with van der Waals surface area (Å²) >= 11 is 6.15. The molecule has 1 heterocycles. The van der Waals surface area contributed by atoms with Gasteiger partial charge in [0.25, 0.3) is 0 Å². The van der Waals surface area contributed by atoms with Gasteiger partial charge in [-0.05, 0) is 37.5 Å². The van der Waals surface area contributed by atoms with Crippen LogP contribution in [0.25, 0.3) is 0 Å². The zero-order valence-corrected chi connectivity index (χ0v) is 11.7. The van der Waals surface area contributed by atoms with E-state index >= 15 is 0 Å². The van der Waals surface area contributed by atoms with Gasteiger partial charge in [-0.3, -0.25) is 0 Å². The summed E-state index contributed by atoms with van der Waals surface area (Å²) in [5.74, 6) is 1.40. The van der Waals surface area contributed by atoms with Crippen LogP contribution in [0.15, 0.2) is 12.1 Å². The summed E-state index contributed by atoms with van der Waals surface area (Å²) in [4.78, 5) is 0. The molecule has 1 aromatic rings. The van der Waals surface area contributed by atoms with Crippen LogP contribution in [-0.4, -0.2) is 25.5 Å². The number of hydrogen-bond donors (Lipinski definition) is 1. The molecule has 0 unspecified atom stereocenters. The van der Waals surface area contributed by atoms with Crippen molar-refractivity contribution >= 4 is 11.6 Å². The second kappa shape index (κ2) is 5.57. The van der Waals surface area contributed by atoms with Gasteiger partial charge in [-0.2, -0.15) is 0 Å². The molecule has 1 fully saturated rings. The first-order valence-electron chi connectivity index (χ1n) is 6.69. The molecule has 0 amide bonds. The van der Waals surface area contributed by atoms with E-state index in [-0.39, 0.29) is 6.79 Å². The number of fused-ring (bicyclic) bond motifs is 1. The van der Waals surface area contributed by atoms with Crippen molar-refractivity contribution in [3.05, 3.63) is 22.7 Å². The number of halogens is 1. The Morgan fingerprint density at radius 2 is 2.21 bits per heavy atom. The van der Waals surface area contributed by atoms with Crippen molar-refractivity contribution in [2.24, 2.45) is 0 Å². The normalized spacial score (nSPS) is 24.3. The molecule has 1 aliphatic carbocycles. The van der Waals surface area contributed by atoms with Gasteiger partial charge < -0.3 is 19.5 Å². The molecule has 0 aromatic heterocycles. The van der Waals surface area contributed by atoms with Crippen LogP contribution in [0.5, 0.6) is 11.5 Å². The first-order valence-corrected chi connectivity index (χ1v) is 7.07. The van der Waals surface area contributed by atoms with Crippen molar-refractivity contribution in [1.29, 1.82) is 0 Å². The quantitative estimate of drug-likeness (QED) is 0.902. The highest BCUT2D eigenvalue weighted by molar-refractivity contribution is 6.32. The van der Waals surface area contributed by atoms with Crippen LogP contribution in [0.2, 0.25) is 5.02 Å². The van der Waals surface area contributed by atoms with Crippen LogP contribution < -0.4 is 14.8 Å². The fraction of sp³-hybridized carbons (Fsp3) is 0.571. The average molecular weight is 284 g/mol. The van der Waals surface area contributed by atoms with Crippen molar-refractivity contribution in [1.82, 2.24) is 5.32 Å². The Labute approximate surface area is 118 Å². The van der Waals surface area contributed by atoms with Gasteiger partial charge in [-0.25, -0.2) is 0 Å². The minimum atomic E-state index is 0.255. The van der Waals surface area contributed by atoms with Gasteiger partial charge in [0.1, 0.15) is 0 Å². The van der Waals surface area contributed by atoms with Gasteiger partial charge in [0.15, 0.2) is 11.5 Å². The van der Waals surface area contributed by atoms with Gasteiger partial charge in [-0.1, -0.05) is 11.6 Å². The third kappa shape index (κ3) is 2.81. The monoisotopic (exact) mass is 283 g/mol. The van der Waals surface area contributed by atoms with Crippen molar-refractivity contribution < 1.29 is 14.2 Å². The molecule has 0 atom stereocenters. The first kappa shape index (κ1) is 13.0. The first-order chi connectivity index (χ1) is 9.26. The van der Waals surface area contributed by atoms with Gasteiger partial charge >= 0.3 is 0 Å². The van der Waals surface area contributed by atoms with Gasteiger partial charge in [0, 0.05) is 19.2 Å². The van der Waals surface area contributed by atoms with Crippen LogP contribution in [-0.2, 0) is 11.3 Å². The Balaban J connectivity index is 1.53. The summed E-state index contributed by atoms with van der Waals surface area (Å²) in [6.07, 6.45) is 2.61. The fourth-order valence-electron chi connectivity index (χ4n) is 2.49. The lowest BCUT2D eigenvalue weighted by Crippen LogP contribution is -2.45. The van der Waals surface area contributed by atoms with Crippen molar-refractivity contribution in [2.75, 3.05) is 13.4 Å². The maximum atomic E-state index is 6.15. The van der Waals surface area contributed by atoms with E-state index in [2.05, 4.69) is 5.32 Å². The topological polar surface area (TPSA) is 39.7 Å². The minimum Gasteiger partial charge on any atom is -0.454 e. The van der Waals surface area contributed by atoms with Crippen LogP contribution in [0.1, 0.15) is 25.3 Å². The Morgan fingerprint density at radius 3 is 3.00 bits per heavy atom. The summed E-state index contributed by atoms with van der Waals surface area (Å²) in [6.45, 7) is 3.88. The van der Waals surface area contributed by atoms with E-state index in [0.29, 0.717) is 22.9 Å². The lowest BCUT2D eigenvalue weighted by atomic mass is 9.89. The van der Waals surface area contributed by atoms with Gasteiger partial charge in [0.2, 0.25) is 6.79 Å². The number of rotatable bonds is 5. The summed E-state index contributed by atoms with van der Waals surface area (Å²) < 4.78 is 16.2. The Morgan fingerprint density at radius 1 is 1.37 bits per heavy atom. The zero-order valence-electron chi connectivity index (χ0n) is 10.9. The minimum absolute atomic E-state index is 0.255. The van der Waals surface area contributed by atoms with E-state index in [1.165, 1.54) is 0 Å². The smallest absolute Gasteiger partial charge is 0.231 e. The maximum absolute atomic E-state index is 6.15. The highest BCUT2D eigenvalue weighted by Crippen LogP contribution is 2.39. The summed E-state index contributed by atoms with van der Waals surface area (Å²) in [5.41, 5.74) is 1.12. The van der Waals surface area contributed by atoms with E-state index in [1.54, 1.807) is 0 Å². The molecule has 4 nitrogen and oxygen atoms in total. The molecule has 1 aromatic carbocycles. The Bertz CT molecular complexity index is 460. The summed E-state index contributed by atoms with van der Waals surface area (Å²) in [6, 6.07) is 4.46. The number of ether oxygens (including phenoxy) is 3. The predicted octanol–water partition coefficient (Wildman–Crippen LogP) is 2.73. The molecular weight excluding hydrogens is 266 g/mol. The maximum Gasteiger partial charge on any atom is 0.231 e. The molecule has 3 rings (SSSR count). The van der Waals surface area contributed by atoms with E-state index < -0.39 is 0 Å². The molecule has 0 spiro atoms. The second-order valence-electron chi connectivity index (χ2n) is 4.94. The molecule has 2 aliphatic rings. The standard InChI is InChI=1S/C14H18ClNO3/c1-2-17-11-5-10(6-11)16-7-9-3-12(15)14-13(4-9)18-8-19-14/h3-4,10-11,16H,2,5-8H2,1H3. The lowest BCUT2D eigenvalue weighted by molar-refractivity contribution is -0.0102. The van der Waals surface area contributed by atoms with Crippen molar-refractivity contribution in [3.8, 4) is 11.5 Å². The highest BCUT2D eigenvalue weighted by atomic mass is 35.5. The zero-order chi connectivity index (χ0) is 13.2. The Hall–Kier alpha value is -0.970. The molecule has 0 bridgehead atoms. The van der Waals surface area contributed by atoms with E-state index in [4.69, 9.17) is 25.8 Å². The summed E-state index contributed by atoms with van der Waals surface area (Å²) in [5, 5.41) is 4.13. The molecule has 0 radical (unpaired) electrons. The second-order valence-corrected chi connectivity index (χ2v) is 5.35. The van der Waals surface area contributed by atoms with Gasteiger partial charge in [-0.15, -0.1) is 0 Å². The average Bonchev–Trinajstić information content (AvgIpc) is 2.80.